The third kappa shape index (κ3) is 4.46. The van der Waals surface area contributed by atoms with Crippen molar-refractivity contribution in [3.63, 3.8) is 0 Å². The number of pyridine rings is 2. The van der Waals surface area contributed by atoms with E-state index in [1.54, 1.807) is 13.2 Å². The Morgan fingerprint density at radius 1 is 0.889 bits per heavy atom. The Labute approximate surface area is 181 Å². The highest BCUT2D eigenvalue weighted by Gasteiger charge is 2.06. The van der Waals surface area contributed by atoms with Gasteiger partial charge in [-0.05, 0) is 61.5 Å². The van der Waals surface area contributed by atoms with Crippen LogP contribution in [-0.2, 0) is 0 Å². The zero-order valence-corrected chi connectivity index (χ0v) is 18.6. The number of benzene rings is 2. The summed E-state index contributed by atoms with van der Waals surface area (Å²) in [6.07, 6.45) is 0. The molecular formula is C19H12Br2Cl2N2O2. The van der Waals surface area contributed by atoms with Crippen LogP contribution in [0.2, 0.25) is 10.0 Å². The second-order valence-electron chi connectivity index (χ2n) is 5.43. The van der Waals surface area contributed by atoms with Gasteiger partial charge in [0.2, 0.25) is 11.4 Å². The number of rotatable bonds is 1. The van der Waals surface area contributed by atoms with Gasteiger partial charge < -0.3 is 9.72 Å². The minimum atomic E-state index is -0.146. The minimum absolute atomic E-state index is 0.146. The standard InChI is InChI=1S/C10H7BrClNO.C9H5BrClNO/c1-14-8-5-3-6-2-4-7(11)9(12)10(6)13-8;10-6-3-1-5-2-4-7(13)12-9(5)8(6)11/h2-5H,1H3;1-4H,(H,12,13). The van der Waals surface area contributed by atoms with Crippen LogP contribution in [0.4, 0.5) is 0 Å². The molecule has 0 bridgehead atoms. The molecule has 2 aromatic heterocycles. The molecule has 0 fully saturated rings. The topological polar surface area (TPSA) is 55.0 Å². The molecule has 138 valence electrons. The molecule has 0 aliphatic heterocycles. The van der Waals surface area contributed by atoms with Crippen LogP contribution in [0.25, 0.3) is 21.8 Å². The van der Waals surface area contributed by atoms with E-state index in [9.17, 15) is 4.79 Å². The van der Waals surface area contributed by atoms with Gasteiger partial charge in [0.1, 0.15) is 0 Å². The summed E-state index contributed by atoms with van der Waals surface area (Å²) in [5, 5.41) is 3.07. The molecular weight excluding hydrogens is 519 g/mol. The largest absolute Gasteiger partial charge is 0.481 e. The number of H-pyrrole nitrogens is 1. The molecule has 0 aliphatic carbocycles. The van der Waals surface area contributed by atoms with E-state index in [4.69, 9.17) is 27.9 Å². The molecule has 0 amide bonds. The maximum absolute atomic E-state index is 11.0. The molecule has 0 radical (unpaired) electrons. The van der Waals surface area contributed by atoms with Gasteiger partial charge in [0.15, 0.2) is 0 Å². The lowest BCUT2D eigenvalue weighted by molar-refractivity contribution is 0.399. The van der Waals surface area contributed by atoms with Gasteiger partial charge in [0.05, 0.1) is 28.2 Å². The van der Waals surface area contributed by atoms with E-state index < -0.39 is 0 Å². The zero-order chi connectivity index (χ0) is 19.6. The SMILES string of the molecule is COc1ccc2ccc(Br)c(Cl)c2n1.O=c1ccc2ccc(Br)c(Cl)c2[nH]1. The summed E-state index contributed by atoms with van der Waals surface area (Å²) in [6.45, 7) is 0. The average molecular weight is 531 g/mol. The molecule has 27 heavy (non-hydrogen) atoms. The number of aromatic amines is 1. The highest BCUT2D eigenvalue weighted by Crippen LogP contribution is 2.31. The van der Waals surface area contributed by atoms with Crippen LogP contribution in [0.5, 0.6) is 5.88 Å². The Bertz CT molecular complexity index is 1200. The molecule has 4 aromatic rings. The summed E-state index contributed by atoms with van der Waals surface area (Å²) in [4.78, 5) is 18.0. The summed E-state index contributed by atoms with van der Waals surface area (Å²) >= 11 is 18.7. The van der Waals surface area contributed by atoms with Crippen LogP contribution in [-0.4, -0.2) is 17.1 Å². The number of nitrogens with one attached hydrogen (secondary N) is 1. The molecule has 1 N–H and O–H groups in total. The van der Waals surface area contributed by atoms with E-state index >= 15 is 0 Å². The molecule has 0 atom stereocenters. The average Bonchev–Trinajstić information content (AvgIpc) is 2.68. The predicted octanol–water partition coefficient (Wildman–Crippen LogP) is 6.60. The smallest absolute Gasteiger partial charge is 0.248 e. The zero-order valence-electron chi connectivity index (χ0n) is 13.9. The Hall–Kier alpha value is -1.60. The maximum atomic E-state index is 11.0. The molecule has 8 heteroatoms. The third-order valence-electron chi connectivity index (χ3n) is 3.73. The van der Waals surface area contributed by atoms with Gasteiger partial charge in [-0.2, -0.15) is 0 Å². The van der Waals surface area contributed by atoms with Crippen LogP contribution >= 0.6 is 55.1 Å². The van der Waals surface area contributed by atoms with Crippen LogP contribution in [0, 0.1) is 0 Å². The molecule has 0 unspecified atom stereocenters. The number of hydrogen-bond donors (Lipinski definition) is 1. The van der Waals surface area contributed by atoms with Gasteiger partial charge in [-0.25, -0.2) is 4.98 Å². The van der Waals surface area contributed by atoms with E-state index in [0.717, 1.165) is 25.2 Å². The number of hydrogen-bond acceptors (Lipinski definition) is 3. The quantitative estimate of drug-likeness (QED) is 0.301. The normalized spacial score (nSPS) is 10.6. The lowest BCUT2D eigenvalue weighted by Crippen LogP contribution is -2.02. The van der Waals surface area contributed by atoms with Crippen LogP contribution in [0.3, 0.4) is 0 Å². The lowest BCUT2D eigenvalue weighted by Gasteiger charge is -2.04. The molecule has 4 nitrogen and oxygen atoms in total. The first-order chi connectivity index (χ1) is 12.9. The van der Waals surface area contributed by atoms with Crippen LogP contribution in [0.15, 0.2) is 62.3 Å². The van der Waals surface area contributed by atoms with Crippen molar-refractivity contribution in [1.82, 2.24) is 9.97 Å². The lowest BCUT2D eigenvalue weighted by atomic mass is 10.2. The molecule has 0 saturated heterocycles. The Morgan fingerprint density at radius 3 is 2.19 bits per heavy atom. The van der Waals surface area contributed by atoms with Gasteiger partial charge in [0, 0.05) is 26.5 Å². The minimum Gasteiger partial charge on any atom is -0.481 e. The number of nitrogens with zero attached hydrogens (tertiary/aromatic N) is 1. The van der Waals surface area contributed by atoms with Crippen molar-refractivity contribution in [2.24, 2.45) is 0 Å². The predicted molar refractivity (Wildman–Crippen MR) is 118 cm³/mol. The number of methoxy groups -OCH3 is 1. The molecule has 2 heterocycles. The van der Waals surface area contributed by atoms with E-state index in [1.807, 2.05) is 36.4 Å². The first kappa shape index (κ1) is 20.1. The molecule has 4 rings (SSSR count). The van der Waals surface area contributed by atoms with Crippen LogP contribution < -0.4 is 10.3 Å². The second kappa shape index (κ2) is 8.61. The van der Waals surface area contributed by atoms with Crippen molar-refractivity contribution in [2.75, 3.05) is 7.11 Å². The molecule has 0 aliphatic rings. The van der Waals surface area contributed by atoms with Crippen molar-refractivity contribution in [2.45, 2.75) is 0 Å². The maximum Gasteiger partial charge on any atom is 0.248 e. The third-order valence-corrected chi connectivity index (χ3v) is 6.28. The van der Waals surface area contributed by atoms with E-state index in [1.165, 1.54) is 6.07 Å². The number of ether oxygens (including phenoxy) is 1. The Kier molecular flexibility index (Phi) is 6.42. The van der Waals surface area contributed by atoms with E-state index in [2.05, 4.69) is 41.8 Å². The summed E-state index contributed by atoms with van der Waals surface area (Å²) in [5.41, 5.74) is 1.27. The molecule has 0 saturated carbocycles. The first-order valence-electron chi connectivity index (χ1n) is 7.66. The van der Waals surface area contributed by atoms with E-state index in [0.29, 0.717) is 21.4 Å². The fourth-order valence-corrected chi connectivity index (χ4v) is 3.47. The fourth-order valence-electron chi connectivity index (χ4n) is 2.39. The van der Waals surface area contributed by atoms with Crippen molar-refractivity contribution >= 4 is 76.9 Å². The second-order valence-corrected chi connectivity index (χ2v) is 7.90. The van der Waals surface area contributed by atoms with Crippen molar-refractivity contribution < 1.29 is 4.74 Å². The van der Waals surface area contributed by atoms with Crippen LogP contribution in [0.1, 0.15) is 0 Å². The number of aromatic nitrogens is 2. The summed E-state index contributed by atoms with van der Waals surface area (Å²) < 4.78 is 6.65. The van der Waals surface area contributed by atoms with Crippen molar-refractivity contribution in [3.8, 4) is 5.88 Å². The number of fused-ring (bicyclic) bond motifs is 2. The Balaban J connectivity index is 0.000000156. The Morgan fingerprint density at radius 2 is 1.48 bits per heavy atom. The highest BCUT2D eigenvalue weighted by atomic mass is 79.9. The highest BCUT2D eigenvalue weighted by molar-refractivity contribution is 9.10. The first-order valence-corrected chi connectivity index (χ1v) is 10.0. The van der Waals surface area contributed by atoms with E-state index in [-0.39, 0.29) is 5.56 Å². The monoisotopic (exact) mass is 528 g/mol. The van der Waals surface area contributed by atoms with Gasteiger partial charge in [-0.1, -0.05) is 35.3 Å². The van der Waals surface area contributed by atoms with Crippen molar-refractivity contribution in [3.05, 3.63) is 77.9 Å². The summed E-state index contributed by atoms with van der Waals surface area (Å²) in [5.74, 6) is 0.567. The van der Waals surface area contributed by atoms with Gasteiger partial charge in [-0.3, -0.25) is 4.79 Å². The van der Waals surface area contributed by atoms with Crippen molar-refractivity contribution in [1.29, 1.82) is 0 Å². The number of halogens is 4. The van der Waals surface area contributed by atoms with Gasteiger partial charge in [0.25, 0.3) is 0 Å². The molecule has 2 aromatic carbocycles. The molecule has 0 spiro atoms. The summed E-state index contributed by atoms with van der Waals surface area (Å²) in [7, 11) is 1.58. The summed E-state index contributed by atoms with van der Waals surface area (Å²) in [6, 6.07) is 14.6. The van der Waals surface area contributed by atoms with Gasteiger partial charge in [-0.15, -0.1) is 0 Å². The van der Waals surface area contributed by atoms with Gasteiger partial charge >= 0.3 is 0 Å². The fraction of sp³-hybridized carbons (Fsp3) is 0.0526.